The minimum absolute atomic E-state index is 0.0167. The smallest absolute Gasteiger partial charge is 0.419 e. The zero-order valence-electron chi connectivity index (χ0n) is 11.3. The van der Waals surface area contributed by atoms with E-state index in [-0.39, 0.29) is 29.2 Å². The average molecular weight is 301 g/mol. The van der Waals surface area contributed by atoms with E-state index in [1.54, 1.807) is 13.8 Å². The Morgan fingerprint density at radius 1 is 1.29 bits per heavy atom. The summed E-state index contributed by atoms with van der Waals surface area (Å²) in [4.78, 5) is 4.05. The summed E-state index contributed by atoms with van der Waals surface area (Å²) in [7, 11) is 0. The maximum Gasteiger partial charge on any atom is 0.419 e. The maximum atomic E-state index is 12.7. The van der Waals surface area contributed by atoms with E-state index in [2.05, 4.69) is 10.1 Å². The molecule has 1 heterocycles. The molecule has 2 rings (SSSR count). The number of benzene rings is 1. The van der Waals surface area contributed by atoms with E-state index in [1.807, 2.05) is 0 Å². The lowest BCUT2D eigenvalue weighted by atomic mass is 10.1. The van der Waals surface area contributed by atoms with Gasteiger partial charge in [0, 0.05) is 11.6 Å². The van der Waals surface area contributed by atoms with Gasteiger partial charge in [-0.25, -0.2) is 0 Å². The van der Waals surface area contributed by atoms with E-state index < -0.39 is 17.5 Å². The van der Waals surface area contributed by atoms with Crippen molar-refractivity contribution < 1.29 is 22.8 Å². The molecule has 3 N–H and O–H groups in total. The van der Waals surface area contributed by atoms with Crippen molar-refractivity contribution in [3.63, 3.8) is 0 Å². The van der Waals surface area contributed by atoms with Crippen LogP contribution < -0.4 is 5.73 Å². The second-order valence-electron chi connectivity index (χ2n) is 4.83. The van der Waals surface area contributed by atoms with Crippen molar-refractivity contribution in [1.29, 1.82) is 0 Å². The third-order valence-electron chi connectivity index (χ3n) is 3.18. The molecule has 0 aliphatic carbocycles. The highest BCUT2D eigenvalue weighted by atomic mass is 19.4. The third kappa shape index (κ3) is 3.15. The second-order valence-corrected chi connectivity index (χ2v) is 4.83. The highest BCUT2D eigenvalue weighted by molar-refractivity contribution is 5.58. The number of aromatic nitrogens is 2. The molecule has 0 bridgehead atoms. The summed E-state index contributed by atoms with van der Waals surface area (Å²) < 4.78 is 43.2. The molecular weight excluding hydrogens is 287 g/mol. The Hall–Kier alpha value is -2.09. The molecule has 0 spiro atoms. The quantitative estimate of drug-likeness (QED) is 0.910. The maximum absolute atomic E-state index is 12.7. The van der Waals surface area contributed by atoms with Crippen molar-refractivity contribution in [2.45, 2.75) is 32.0 Å². The first-order valence-electron chi connectivity index (χ1n) is 6.20. The van der Waals surface area contributed by atoms with Gasteiger partial charge in [0.2, 0.25) is 11.7 Å². The fraction of sp³-hybridized carbons (Fsp3) is 0.385. The Morgan fingerprint density at radius 3 is 2.52 bits per heavy atom. The van der Waals surface area contributed by atoms with Crippen LogP contribution in [0.1, 0.15) is 31.2 Å². The number of phenols is 1. The van der Waals surface area contributed by atoms with Gasteiger partial charge < -0.3 is 15.4 Å². The molecule has 0 aliphatic rings. The molecule has 8 heteroatoms. The highest BCUT2D eigenvalue weighted by Crippen LogP contribution is 2.37. The molecule has 2 aromatic rings. The third-order valence-corrected chi connectivity index (χ3v) is 3.18. The number of rotatable bonds is 3. The van der Waals surface area contributed by atoms with E-state index in [1.165, 1.54) is 6.07 Å². The highest BCUT2D eigenvalue weighted by Gasteiger charge is 2.34. The van der Waals surface area contributed by atoms with Gasteiger partial charge in [0.05, 0.1) is 11.5 Å². The monoisotopic (exact) mass is 301 g/mol. The van der Waals surface area contributed by atoms with Crippen LogP contribution in [-0.2, 0) is 6.18 Å². The summed E-state index contributed by atoms with van der Waals surface area (Å²) in [6.45, 7) is 3.54. The molecule has 0 aliphatic heterocycles. The van der Waals surface area contributed by atoms with Crippen LogP contribution in [0.3, 0.4) is 0 Å². The molecule has 0 radical (unpaired) electrons. The van der Waals surface area contributed by atoms with Crippen molar-refractivity contribution >= 4 is 0 Å². The normalized spacial score (nSPS) is 15.0. The summed E-state index contributed by atoms with van der Waals surface area (Å²) in [6.07, 6.45) is -4.66. The molecule has 1 aromatic carbocycles. The van der Waals surface area contributed by atoms with Crippen LogP contribution in [0.2, 0.25) is 0 Å². The molecule has 2 unspecified atom stereocenters. The topological polar surface area (TPSA) is 85.2 Å². The Labute approximate surface area is 118 Å². The van der Waals surface area contributed by atoms with Crippen LogP contribution in [0.4, 0.5) is 13.2 Å². The van der Waals surface area contributed by atoms with Crippen molar-refractivity contribution in [2.24, 2.45) is 5.73 Å². The first kappa shape index (κ1) is 15.3. The van der Waals surface area contributed by atoms with Gasteiger partial charge in [-0.1, -0.05) is 12.1 Å². The first-order chi connectivity index (χ1) is 9.70. The zero-order valence-corrected chi connectivity index (χ0v) is 11.3. The Kier molecular flexibility index (Phi) is 3.91. The van der Waals surface area contributed by atoms with Gasteiger partial charge in [-0.15, -0.1) is 0 Å². The van der Waals surface area contributed by atoms with Crippen molar-refractivity contribution in [3.8, 4) is 17.1 Å². The SMILES string of the molecule is CC(N)C(C)c1nc(-c2ccc(O)c(C(F)(F)F)c2)no1. The van der Waals surface area contributed by atoms with Crippen molar-refractivity contribution in [2.75, 3.05) is 0 Å². The molecule has 0 amide bonds. The molecular formula is C13H14F3N3O2. The number of nitrogens with zero attached hydrogens (tertiary/aromatic N) is 2. The number of halogens is 3. The van der Waals surface area contributed by atoms with Crippen LogP contribution >= 0.6 is 0 Å². The van der Waals surface area contributed by atoms with Crippen LogP contribution in [0.5, 0.6) is 5.75 Å². The van der Waals surface area contributed by atoms with Crippen LogP contribution in [0, 0.1) is 0 Å². The second kappa shape index (κ2) is 5.36. The molecule has 1 aromatic heterocycles. The standard InChI is InChI=1S/C13H14F3N3O2/c1-6(7(2)17)12-18-11(19-21-12)8-3-4-10(20)9(5-8)13(14,15)16/h3-7,20H,17H2,1-2H3. The van der Waals surface area contributed by atoms with Crippen molar-refractivity contribution in [3.05, 3.63) is 29.7 Å². The number of alkyl halides is 3. The first-order valence-corrected chi connectivity index (χ1v) is 6.20. The molecule has 21 heavy (non-hydrogen) atoms. The number of phenolic OH excluding ortho intramolecular Hbond substituents is 1. The zero-order chi connectivity index (χ0) is 15.8. The lowest BCUT2D eigenvalue weighted by Gasteiger charge is -2.10. The van der Waals surface area contributed by atoms with Gasteiger partial charge in [-0.05, 0) is 25.1 Å². The number of nitrogens with two attached hydrogens (primary N) is 1. The number of hydrogen-bond acceptors (Lipinski definition) is 5. The summed E-state index contributed by atoms with van der Waals surface area (Å²) in [5.41, 5.74) is 4.66. The van der Waals surface area contributed by atoms with Gasteiger partial charge >= 0.3 is 6.18 Å². The largest absolute Gasteiger partial charge is 0.507 e. The Bertz CT molecular complexity index is 638. The fourth-order valence-electron chi connectivity index (χ4n) is 1.66. The summed E-state index contributed by atoms with van der Waals surface area (Å²) in [6, 6.07) is 2.78. The van der Waals surface area contributed by atoms with Gasteiger partial charge in [0.1, 0.15) is 5.75 Å². The van der Waals surface area contributed by atoms with Crippen LogP contribution in [-0.4, -0.2) is 21.3 Å². The predicted molar refractivity (Wildman–Crippen MR) is 68.5 cm³/mol. The molecule has 114 valence electrons. The van der Waals surface area contributed by atoms with Gasteiger partial charge in [-0.3, -0.25) is 0 Å². The summed E-state index contributed by atoms with van der Waals surface area (Å²) in [5, 5.41) is 12.9. The van der Waals surface area contributed by atoms with Gasteiger partial charge in [0.25, 0.3) is 0 Å². The van der Waals surface area contributed by atoms with Gasteiger partial charge in [0.15, 0.2) is 0 Å². The lowest BCUT2D eigenvalue weighted by molar-refractivity contribution is -0.138. The molecule has 2 atom stereocenters. The molecule has 0 saturated carbocycles. The summed E-state index contributed by atoms with van der Waals surface area (Å²) in [5.74, 6) is -0.797. The van der Waals surface area contributed by atoms with E-state index in [0.717, 1.165) is 12.1 Å². The Balaban J connectivity index is 2.40. The van der Waals surface area contributed by atoms with Crippen molar-refractivity contribution in [1.82, 2.24) is 10.1 Å². The van der Waals surface area contributed by atoms with E-state index in [0.29, 0.717) is 0 Å². The lowest BCUT2D eigenvalue weighted by Crippen LogP contribution is -2.22. The van der Waals surface area contributed by atoms with E-state index in [4.69, 9.17) is 10.3 Å². The number of hydrogen-bond donors (Lipinski definition) is 2. The Morgan fingerprint density at radius 2 is 1.95 bits per heavy atom. The fourth-order valence-corrected chi connectivity index (χ4v) is 1.66. The minimum atomic E-state index is -4.66. The van der Waals surface area contributed by atoms with Gasteiger partial charge in [-0.2, -0.15) is 18.2 Å². The average Bonchev–Trinajstić information content (AvgIpc) is 2.86. The van der Waals surface area contributed by atoms with Crippen LogP contribution in [0.15, 0.2) is 22.7 Å². The van der Waals surface area contributed by atoms with E-state index in [9.17, 15) is 18.3 Å². The molecule has 0 fully saturated rings. The van der Waals surface area contributed by atoms with Crippen LogP contribution in [0.25, 0.3) is 11.4 Å². The predicted octanol–water partition coefficient (Wildman–Crippen LogP) is 2.91. The molecule has 0 saturated heterocycles. The number of aromatic hydroxyl groups is 1. The summed E-state index contributed by atoms with van der Waals surface area (Å²) >= 11 is 0. The minimum Gasteiger partial charge on any atom is -0.507 e. The molecule has 5 nitrogen and oxygen atoms in total. The van der Waals surface area contributed by atoms with E-state index >= 15 is 0 Å².